The first-order valence-corrected chi connectivity index (χ1v) is 8.05. The smallest absolute Gasteiger partial charge is 0.118 e. The van der Waals surface area contributed by atoms with Crippen molar-refractivity contribution >= 4 is 21.5 Å². The fourth-order valence-corrected chi connectivity index (χ4v) is 4.31. The number of aliphatic hydroxyl groups excluding tert-OH is 2. The van der Waals surface area contributed by atoms with Crippen LogP contribution in [-0.2, 0) is 4.74 Å². The molecule has 3 heteroatoms. The Morgan fingerprint density at radius 3 is 2.30 bits per heavy atom. The monoisotopic (exact) mass is 306 g/mol. The Hall–Kier alpha value is -1.94. The van der Waals surface area contributed by atoms with E-state index >= 15 is 0 Å². The predicted molar refractivity (Wildman–Crippen MR) is 89.5 cm³/mol. The number of hydrogen-bond acceptors (Lipinski definition) is 3. The van der Waals surface area contributed by atoms with Crippen LogP contribution in [0, 0.1) is 13.8 Å². The molecule has 4 atom stereocenters. The van der Waals surface area contributed by atoms with Crippen LogP contribution >= 0.6 is 0 Å². The van der Waals surface area contributed by atoms with E-state index in [0.717, 1.165) is 11.1 Å². The summed E-state index contributed by atoms with van der Waals surface area (Å²) in [5, 5.41) is 25.4. The van der Waals surface area contributed by atoms with Gasteiger partial charge >= 0.3 is 0 Å². The molecule has 2 aliphatic rings. The van der Waals surface area contributed by atoms with Crippen molar-refractivity contribution in [2.24, 2.45) is 0 Å². The number of aliphatic hydroxyl groups is 2. The molecule has 0 amide bonds. The molecule has 116 valence electrons. The first-order valence-electron chi connectivity index (χ1n) is 8.05. The van der Waals surface area contributed by atoms with Crippen molar-refractivity contribution in [2.45, 2.75) is 38.3 Å². The molecule has 2 N–H and O–H groups in total. The van der Waals surface area contributed by atoms with E-state index in [2.05, 4.69) is 44.2 Å². The molecule has 1 aliphatic carbocycles. The van der Waals surface area contributed by atoms with Crippen molar-refractivity contribution in [2.75, 3.05) is 0 Å². The fraction of sp³-hybridized carbons (Fsp3) is 0.300. The molecule has 0 unspecified atom stereocenters. The third-order valence-electron chi connectivity index (χ3n) is 5.58. The van der Waals surface area contributed by atoms with Crippen LogP contribution in [0.3, 0.4) is 0 Å². The van der Waals surface area contributed by atoms with Crippen molar-refractivity contribution in [1.82, 2.24) is 0 Å². The summed E-state index contributed by atoms with van der Waals surface area (Å²) < 4.78 is 5.69. The molecule has 0 radical (unpaired) electrons. The van der Waals surface area contributed by atoms with Gasteiger partial charge < -0.3 is 14.9 Å². The molecule has 0 saturated carbocycles. The van der Waals surface area contributed by atoms with Crippen molar-refractivity contribution in [3.05, 3.63) is 58.7 Å². The normalized spacial score (nSPS) is 28.7. The molecule has 5 rings (SSSR count). The van der Waals surface area contributed by atoms with Gasteiger partial charge in [0, 0.05) is 0 Å². The lowest BCUT2D eigenvalue weighted by molar-refractivity contribution is 0.000104. The third kappa shape index (κ3) is 1.59. The summed E-state index contributed by atoms with van der Waals surface area (Å²) in [6.07, 6.45) is -2.06. The molecule has 1 saturated heterocycles. The second-order valence-corrected chi connectivity index (χ2v) is 6.74. The van der Waals surface area contributed by atoms with E-state index in [4.69, 9.17) is 4.74 Å². The van der Waals surface area contributed by atoms with Gasteiger partial charge in [-0.1, -0.05) is 36.4 Å². The zero-order valence-corrected chi connectivity index (χ0v) is 13.1. The number of fused-ring (bicyclic) bond motifs is 6. The summed E-state index contributed by atoms with van der Waals surface area (Å²) in [5.74, 6) is 0. The first kappa shape index (κ1) is 13.5. The second-order valence-electron chi connectivity index (χ2n) is 6.74. The van der Waals surface area contributed by atoms with Gasteiger partial charge in [-0.3, -0.25) is 0 Å². The van der Waals surface area contributed by atoms with E-state index in [0.29, 0.717) is 0 Å². The summed E-state index contributed by atoms with van der Waals surface area (Å²) in [4.78, 5) is 0. The highest BCUT2D eigenvalue weighted by molar-refractivity contribution is 6.07. The quantitative estimate of drug-likeness (QED) is 0.494. The standard InChI is InChI=1S/C20H18O3/c1-9-11-5-3-4-6-12(11)10(2)15-13(9)7-8-14-16(15)19-20(23-19)18(22)17(14)21/h3-8,17-22H,1-2H3/t17-,18+,19-,20+/m1/s1. The summed E-state index contributed by atoms with van der Waals surface area (Å²) in [5.41, 5.74) is 4.34. The maximum absolute atomic E-state index is 10.4. The van der Waals surface area contributed by atoms with Crippen LogP contribution in [0.1, 0.15) is 34.5 Å². The van der Waals surface area contributed by atoms with Crippen LogP contribution in [0.5, 0.6) is 0 Å². The highest BCUT2D eigenvalue weighted by Crippen LogP contribution is 2.54. The molecule has 0 bridgehead atoms. The summed E-state index contributed by atoms with van der Waals surface area (Å²) in [6.45, 7) is 4.29. The van der Waals surface area contributed by atoms with Gasteiger partial charge in [0.05, 0.1) is 0 Å². The SMILES string of the molecule is Cc1c2ccccc2c(C)c2c3c(ccc12)[C@@H](O)[C@H](O)[C@@H]1O[C@H]31. The highest BCUT2D eigenvalue weighted by atomic mass is 16.6. The number of ether oxygens (including phenoxy) is 1. The molecule has 1 aliphatic heterocycles. The lowest BCUT2D eigenvalue weighted by atomic mass is 9.81. The largest absolute Gasteiger partial charge is 0.387 e. The summed E-state index contributed by atoms with van der Waals surface area (Å²) in [7, 11) is 0. The van der Waals surface area contributed by atoms with Crippen LogP contribution in [0.2, 0.25) is 0 Å². The Morgan fingerprint density at radius 1 is 0.870 bits per heavy atom. The number of benzene rings is 3. The molecule has 0 spiro atoms. The Balaban J connectivity index is 1.97. The van der Waals surface area contributed by atoms with Crippen LogP contribution in [-0.4, -0.2) is 22.4 Å². The molecule has 1 heterocycles. The van der Waals surface area contributed by atoms with Gasteiger partial charge in [0.2, 0.25) is 0 Å². The summed E-state index contributed by atoms with van der Waals surface area (Å²) in [6, 6.07) is 12.5. The minimum Gasteiger partial charge on any atom is -0.387 e. The minimum absolute atomic E-state index is 0.0913. The second kappa shape index (κ2) is 4.32. The Bertz CT molecular complexity index is 976. The Kier molecular flexibility index (Phi) is 2.54. The number of hydrogen-bond donors (Lipinski definition) is 2. The average molecular weight is 306 g/mol. The van der Waals surface area contributed by atoms with E-state index in [9.17, 15) is 10.2 Å². The molecule has 3 nitrogen and oxygen atoms in total. The van der Waals surface area contributed by atoms with Gasteiger partial charge in [0.25, 0.3) is 0 Å². The molecule has 3 aromatic rings. The molecular weight excluding hydrogens is 288 g/mol. The Labute approximate surface area is 134 Å². The zero-order valence-electron chi connectivity index (χ0n) is 13.1. The van der Waals surface area contributed by atoms with Crippen molar-refractivity contribution < 1.29 is 14.9 Å². The van der Waals surface area contributed by atoms with Gasteiger partial charge in [-0.05, 0) is 57.6 Å². The highest BCUT2D eigenvalue weighted by Gasteiger charge is 2.54. The van der Waals surface area contributed by atoms with Gasteiger partial charge in [-0.25, -0.2) is 0 Å². The first-order chi connectivity index (χ1) is 11.1. The van der Waals surface area contributed by atoms with E-state index in [-0.39, 0.29) is 12.2 Å². The van der Waals surface area contributed by atoms with E-state index < -0.39 is 12.2 Å². The molecule has 1 fully saturated rings. The van der Waals surface area contributed by atoms with Crippen LogP contribution in [0.4, 0.5) is 0 Å². The molecule has 3 aromatic carbocycles. The van der Waals surface area contributed by atoms with Gasteiger partial charge in [-0.15, -0.1) is 0 Å². The lowest BCUT2D eigenvalue weighted by Crippen LogP contribution is -2.29. The minimum atomic E-state index is -0.871. The van der Waals surface area contributed by atoms with E-state index in [1.165, 1.54) is 32.7 Å². The topological polar surface area (TPSA) is 53.0 Å². The van der Waals surface area contributed by atoms with E-state index in [1.807, 2.05) is 6.07 Å². The molecular formula is C20H18O3. The molecule has 23 heavy (non-hydrogen) atoms. The predicted octanol–water partition coefficient (Wildman–Crippen LogP) is 3.46. The van der Waals surface area contributed by atoms with Gasteiger partial charge in [0.15, 0.2) is 0 Å². The van der Waals surface area contributed by atoms with Crippen molar-refractivity contribution in [3.63, 3.8) is 0 Å². The maximum Gasteiger partial charge on any atom is 0.118 e. The van der Waals surface area contributed by atoms with Gasteiger partial charge in [-0.2, -0.15) is 0 Å². The lowest BCUT2D eigenvalue weighted by Gasteiger charge is -2.26. The average Bonchev–Trinajstić information content (AvgIpc) is 3.37. The number of aryl methyl sites for hydroxylation is 2. The Morgan fingerprint density at radius 2 is 1.57 bits per heavy atom. The third-order valence-corrected chi connectivity index (χ3v) is 5.58. The van der Waals surface area contributed by atoms with Crippen LogP contribution < -0.4 is 0 Å². The van der Waals surface area contributed by atoms with Crippen LogP contribution in [0.15, 0.2) is 36.4 Å². The van der Waals surface area contributed by atoms with E-state index in [1.54, 1.807) is 0 Å². The molecule has 0 aromatic heterocycles. The van der Waals surface area contributed by atoms with Crippen LogP contribution in [0.25, 0.3) is 21.5 Å². The van der Waals surface area contributed by atoms with Crippen molar-refractivity contribution in [3.8, 4) is 0 Å². The number of epoxide rings is 1. The van der Waals surface area contributed by atoms with Gasteiger partial charge in [0.1, 0.15) is 24.4 Å². The van der Waals surface area contributed by atoms with Crippen molar-refractivity contribution in [1.29, 1.82) is 0 Å². The maximum atomic E-state index is 10.4. The fourth-order valence-electron chi connectivity index (χ4n) is 4.31. The summed E-state index contributed by atoms with van der Waals surface area (Å²) >= 11 is 0. The number of rotatable bonds is 0. The zero-order chi connectivity index (χ0) is 15.9.